The van der Waals surface area contributed by atoms with Gasteiger partial charge < -0.3 is 11.1 Å². The zero-order chi connectivity index (χ0) is 12.6. The molecule has 0 aromatic rings. The highest BCUT2D eigenvalue weighted by molar-refractivity contribution is 5.76. The van der Waals surface area contributed by atoms with Crippen molar-refractivity contribution in [1.82, 2.24) is 5.32 Å². The molecular weight excluding hydrogens is 200 g/mol. The third kappa shape index (κ3) is 8.72. The van der Waals surface area contributed by atoms with Gasteiger partial charge in [0.25, 0.3) is 0 Å². The topological polar surface area (TPSA) is 55.1 Å². The van der Waals surface area contributed by atoms with Crippen LogP contribution >= 0.6 is 0 Å². The van der Waals surface area contributed by atoms with Crippen LogP contribution in [0.3, 0.4) is 0 Å². The van der Waals surface area contributed by atoms with Crippen LogP contribution in [0.4, 0.5) is 0 Å². The molecule has 0 aromatic heterocycles. The van der Waals surface area contributed by atoms with Crippen molar-refractivity contribution in [2.24, 2.45) is 23.5 Å². The van der Waals surface area contributed by atoms with Crippen LogP contribution in [0, 0.1) is 17.8 Å². The number of hydrogen-bond donors (Lipinski definition) is 2. The predicted molar refractivity (Wildman–Crippen MR) is 69.1 cm³/mol. The first-order valence-corrected chi connectivity index (χ1v) is 6.42. The summed E-state index contributed by atoms with van der Waals surface area (Å²) in [5.74, 6) is 1.73. The van der Waals surface area contributed by atoms with Gasteiger partial charge >= 0.3 is 0 Å². The van der Waals surface area contributed by atoms with E-state index in [9.17, 15) is 4.79 Å². The molecule has 1 unspecified atom stereocenters. The van der Waals surface area contributed by atoms with Gasteiger partial charge in [-0.05, 0) is 37.1 Å². The maximum atomic E-state index is 11.6. The summed E-state index contributed by atoms with van der Waals surface area (Å²) in [6.07, 6.45) is 2.66. The lowest BCUT2D eigenvalue weighted by molar-refractivity contribution is -0.122. The Bertz CT molecular complexity index is 190. The van der Waals surface area contributed by atoms with Gasteiger partial charge in [0, 0.05) is 13.0 Å². The third-order valence-corrected chi connectivity index (χ3v) is 2.66. The Kier molecular flexibility index (Phi) is 8.26. The van der Waals surface area contributed by atoms with E-state index >= 15 is 0 Å². The van der Waals surface area contributed by atoms with Crippen LogP contribution in [0.25, 0.3) is 0 Å². The molecule has 0 heterocycles. The van der Waals surface area contributed by atoms with Gasteiger partial charge in [0.15, 0.2) is 0 Å². The highest BCUT2D eigenvalue weighted by Gasteiger charge is 2.13. The minimum Gasteiger partial charge on any atom is -0.356 e. The lowest BCUT2D eigenvalue weighted by atomic mass is 9.94. The fraction of sp³-hybridized carbons (Fsp3) is 0.923. The van der Waals surface area contributed by atoms with E-state index in [1.165, 1.54) is 0 Å². The van der Waals surface area contributed by atoms with Crippen molar-refractivity contribution in [2.45, 2.75) is 47.0 Å². The predicted octanol–water partition coefficient (Wildman–Crippen LogP) is 2.16. The normalized spacial score (nSPS) is 13.2. The summed E-state index contributed by atoms with van der Waals surface area (Å²) in [5.41, 5.74) is 5.67. The molecule has 0 bridgehead atoms. The number of carbonyl (C=O) groups excluding carboxylic acids is 1. The van der Waals surface area contributed by atoms with E-state index < -0.39 is 0 Å². The zero-order valence-corrected chi connectivity index (χ0v) is 11.3. The minimum absolute atomic E-state index is 0.150. The van der Waals surface area contributed by atoms with Gasteiger partial charge in [0.2, 0.25) is 5.91 Å². The van der Waals surface area contributed by atoms with Crippen molar-refractivity contribution >= 4 is 5.91 Å². The van der Waals surface area contributed by atoms with Crippen LogP contribution in [-0.2, 0) is 4.79 Å². The number of hydrogen-bond acceptors (Lipinski definition) is 2. The van der Waals surface area contributed by atoms with Crippen molar-refractivity contribution in [2.75, 3.05) is 13.1 Å². The molecule has 1 amide bonds. The lowest BCUT2D eigenvalue weighted by Crippen LogP contribution is -2.30. The molecule has 0 aliphatic heterocycles. The summed E-state index contributed by atoms with van der Waals surface area (Å²) in [4.78, 5) is 11.6. The fourth-order valence-electron chi connectivity index (χ4n) is 1.76. The summed E-state index contributed by atoms with van der Waals surface area (Å²) in [6, 6.07) is 0. The average molecular weight is 228 g/mol. The minimum atomic E-state index is 0.150. The first-order valence-electron chi connectivity index (χ1n) is 6.42. The van der Waals surface area contributed by atoms with Crippen molar-refractivity contribution in [3.8, 4) is 0 Å². The number of rotatable bonds is 8. The SMILES string of the molecule is CC(C)CCNC(=O)CC(CN)CC(C)C. The Morgan fingerprint density at radius 1 is 1.19 bits per heavy atom. The van der Waals surface area contributed by atoms with Gasteiger partial charge in [-0.15, -0.1) is 0 Å². The van der Waals surface area contributed by atoms with E-state index in [2.05, 4.69) is 33.0 Å². The van der Waals surface area contributed by atoms with Crippen LogP contribution in [0.1, 0.15) is 47.0 Å². The third-order valence-electron chi connectivity index (χ3n) is 2.66. The van der Waals surface area contributed by atoms with E-state index in [0.717, 1.165) is 19.4 Å². The van der Waals surface area contributed by atoms with Crippen LogP contribution in [0.5, 0.6) is 0 Å². The Balaban J connectivity index is 3.74. The number of carbonyl (C=O) groups is 1. The van der Waals surface area contributed by atoms with Crippen LogP contribution in [-0.4, -0.2) is 19.0 Å². The number of nitrogens with one attached hydrogen (secondary N) is 1. The van der Waals surface area contributed by atoms with Crippen molar-refractivity contribution in [1.29, 1.82) is 0 Å². The van der Waals surface area contributed by atoms with Gasteiger partial charge in [-0.3, -0.25) is 4.79 Å². The van der Waals surface area contributed by atoms with Gasteiger partial charge in [0.1, 0.15) is 0 Å². The molecule has 3 heteroatoms. The van der Waals surface area contributed by atoms with Crippen LogP contribution in [0.2, 0.25) is 0 Å². The van der Waals surface area contributed by atoms with Crippen molar-refractivity contribution in [3.05, 3.63) is 0 Å². The molecule has 0 aromatic carbocycles. The Morgan fingerprint density at radius 2 is 1.81 bits per heavy atom. The molecule has 0 saturated heterocycles. The summed E-state index contributed by atoms with van der Waals surface area (Å²) >= 11 is 0. The molecule has 96 valence electrons. The maximum absolute atomic E-state index is 11.6. The fourth-order valence-corrected chi connectivity index (χ4v) is 1.76. The first kappa shape index (κ1) is 15.4. The maximum Gasteiger partial charge on any atom is 0.220 e. The second-order valence-electron chi connectivity index (χ2n) is 5.47. The first-order chi connectivity index (χ1) is 7.45. The largest absolute Gasteiger partial charge is 0.356 e. The van der Waals surface area contributed by atoms with Gasteiger partial charge in [0.05, 0.1) is 0 Å². The average Bonchev–Trinajstić information content (AvgIpc) is 2.15. The molecule has 0 fully saturated rings. The Hall–Kier alpha value is -0.570. The quantitative estimate of drug-likeness (QED) is 0.669. The number of nitrogens with two attached hydrogens (primary N) is 1. The molecule has 3 nitrogen and oxygen atoms in total. The highest BCUT2D eigenvalue weighted by atomic mass is 16.1. The molecular formula is C13H28N2O. The Morgan fingerprint density at radius 3 is 2.25 bits per heavy atom. The monoisotopic (exact) mass is 228 g/mol. The molecule has 0 saturated carbocycles. The molecule has 0 radical (unpaired) electrons. The van der Waals surface area contributed by atoms with E-state index in [0.29, 0.717) is 30.7 Å². The van der Waals surface area contributed by atoms with Crippen LogP contribution in [0.15, 0.2) is 0 Å². The van der Waals surface area contributed by atoms with Gasteiger partial charge in [-0.25, -0.2) is 0 Å². The molecule has 3 N–H and O–H groups in total. The smallest absolute Gasteiger partial charge is 0.220 e. The second kappa shape index (κ2) is 8.57. The zero-order valence-electron chi connectivity index (χ0n) is 11.3. The molecule has 16 heavy (non-hydrogen) atoms. The van der Waals surface area contributed by atoms with Gasteiger partial charge in [-0.1, -0.05) is 27.7 Å². The highest BCUT2D eigenvalue weighted by Crippen LogP contribution is 2.13. The van der Waals surface area contributed by atoms with E-state index in [1.54, 1.807) is 0 Å². The van der Waals surface area contributed by atoms with E-state index in [-0.39, 0.29) is 5.91 Å². The Labute approximate surface area is 100 Å². The molecule has 0 aliphatic rings. The lowest BCUT2D eigenvalue weighted by Gasteiger charge is -2.16. The molecule has 0 rings (SSSR count). The van der Waals surface area contributed by atoms with E-state index in [1.807, 2.05) is 0 Å². The summed E-state index contributed by atoms with van der Waals surface area (Å²) in [6.45, 7) is 10.0. The molecule has 1 atom stereocenters. The van der Waals surface area contributed by atoms with Crippen molar-refractivity contribution in [3.63, 3.8) is 0 Å². The second-order valence-corrected chi connectivity index (χ2v) is 5.47. The van der Waals surface area contributed by atoms with Crippen molar-refractivity contribution < 1.29 is 4.79 Å². The van der Waals surface area contributed by atoms with E-state index in [4.69, 9.17) is 5.73 Å². The molecule has 0 spiro atoms. The summed E-state index contributed by atoms with van der Waals surface area (Å²) in [5, 5.41) is 2.96. The number of amides is 1. The van der Waals surface area contributed by atoms with Crippen LogP contribution < -0.4 is 11.1 Å². The summed E-state index contributed by atoms with van der Waals surface area (Å²) in [7, 11) is 0. The standard InChI is InChI=1S/C13H28N2O/c1-10(2)5-6-15-13(16)8-12(9-14)7-11(3)4/h10-12H,5-9,14H2,1-4H3,(H,15,16). The molecule has 0 aliphatic carbocycles. The summed E-state index contributed by atoms with van der Waals surface area (Å²) < 4.78 is 0. The van der Waals surface area contributed by atoms with Gasteiger partial charge in [-0.2, -0.15) is 0 Å².